The first-order valence-electron chi connectivity index (χ1n) is 8.28. The molecule has 2 aromatic carbocycles. The average Bonchev–Trinajstić information content (AvgIpc) is 2.65. The third kappa shape index (κ3) is 4.26. The van der Waals surface area contributed by atoms with Crippen molar-refractivity contribution in [1.82, 2.24) is 9.55 Å². The minimum absolute atomic E-state index is 0.101. The first-order chi connectivity index (χ1) is 12.6. The normalized spacial score (nSPS) is 10.5. The largest absolute Gasteiger partial charge is 0.325 e. The topological polar surface area (TPSA) is 64.0 Å². The number of nitrogens with zero attached hydrogens (tertiary/aromatic N) is 2. The number of benzene rings is 2. The fourth-order valence-corrected chi connectivity index (χ4v) is 2.84. The molecule has 0 aliphatic heterocycles. The van der Waals surface area contributed by atoms with E-state index in [0.29, 0.717) is 23.6 Å². The maximum atomic E-state index is 12.6. The molecule has 5 nitrogen and oxygen atoms in total. The van der Waals surface area contributed by atoms with Crippen LogP contribution in [0.25, 0.3) is 11.4 Å². The van der Waals surface area contributed by atoms with E-state index in [2.05, 4.69) is 26.2 Å². The summed E-state index contributed by atoms with van der Waals surface area (Å²) in [6.45, 7) is 1.84. The van der Waals surface area contributed by atoms with Crippen molar-refractivity contribution in [2.45, 2.75) is 19.9 Å². The monoisotopic (exact) mass is 411 g/mol. The van der Waals surface area contributed by atoms with Crippen molar-refractivity contribution in [3.8, 4) is 11.4 Å². The van der Waals surface area contributed by atoms with Gasteiger partial charge in [-0.2, -0.15) is 0 Å². The summed E-state index contributed by atoms with van der Waals surface area (Å²) in [5.41, 5.74) is 1.95. The molecule has 0 saturated heterocycles. The number of carbonyl (C=O) groups is 1. The van der Waals surface area contributed by atoms with Gasteiger partial charge in [-0.3, -0.25) is 14.2 Å². The standard InChI is InChI=1S/C20H18BrN3O2/c1-2-16-12-19(26)24(20(23-16)14-6-4-3-5-7-14)13-18(25)22-17-10-8-15(21)9-11-17/h3-12H,2,13H2,1H3,(H,22,25). The van der Waals surface area contributed by atoms with Crippen LogP contribution in [0.3, 0.4) is 0 Å². The van der Waals surface area contributed by atoms with E-state index in [-0.39, 0.29) is 18.0 Å². The van der Waals surface area contributed by atoms with Crippen LogP contribution in [-0.4, -0.2) is 15.5 Å². The lowest BCUT2D eigenvalue weighted by atomic mass is 10.2. The number of anilines is 1. The van der Waals surface area contributed by atoms with E-state index in [9.17, 15) is 9.59 Å². The predicted molar refractivity (Wildman–Crippen MR) is 106 cm³/mol. The molecule has 1 amide bonds. The van der Waals surface area contributed by atoms with Crippen molar-refractivity contribution in [2.24, 2.45) is 0 Å². The second-order valence-corrected chi connectivity index (χ2v) is 6.69. The molecule has 0 fully saturated rings. The van der Waals surface area contributed by atoms with Crippen LogP contribution in [0, 0.1) is 0 Å². The summed E-state index contributed by atoms with van der Waals surface area (Å²) in [7, 11) is 0. The highest BCUT2D eigenvalue weighted by Crippen LogP contribution is 2.17. The lowest BCUT2D eigenvalue weighted by Gasteiger charge is -2.13. The molecule has 132 valence electrons. The molecule has 0 bridgehead atoms. The van der Waals surface area contributed by atoms with Crippen molar-refractivity contribution in [2.75, 3.05) is 5.32 Å². The summed E-state index contributed by atoms with van der Waals surface area (Å²) in [6.07, 6.45) is 0.654. The number of nitrogens with one attached hydrogen (secondary N) is 1. The Hall–Kier alpha value is -2.73. The van der Waals surface area contributed by atoms with Gasteiger partial charge in [0, 0.05) is 27.5 Å². The summed E-state index contributed by atoms with van der Waals surface area (Å²) in [6, 6.07) is 18.2. The average molecular weight is 412 g/mol. The molecule has 1 aromatic heterocycles. The highest BCUT2D eigenvalue weighted by molar-refractivity contribution is 9.10. The fourth-order valence-electron chi connectivity index (χ4n) is 2.57. The Morgan fingerprint density at radius 2 is 1.81 bits per heavy atom. The van der Waals surface area contributed by atoms with Crippen molar-refractivity contribution in [1.29, 1.82) is 0 Å². The molecule has 26 heavy (non-hydrogen) atoms. The van der Waals surface area contributed by atoms with Crippen molar-refractivity contribution in [3.05, 3.63) is 81.2 Å². The maximum absolute atomic E-state index is 12.6. The minimum Gasteiger partial charge on any atom is -0.325 e. The molecule has 3 rings (SSSR count). The Kier molecular flexibility index (Phi) is 5.63. The minimum atomic E-state index is -0.280. The second kappa shape index (κ2) is 8.10. The third-order valence-electron chi connectivity index (χ3n) is 3.89. The van der Waals surface area contributed by atoms with Gasteiger partial charge in [-0.1, -0.05) is 53.2 Å². The molecule has 0 aliphatic carbocycles. The zero-order chi connectivity index (χ0) is 18.5. The molecule has 0 aliphatic rings. The van der Waals surface area contributed by atoms with Crippen molar-refractivity contribution >= 4 is 27.5 Å². The molecular formula is C20H18BrN3O2. The van der Waals surface area contributed by atoms with Crippen molar-refractivity contribution in [3.63, 3.8) is 0 Å². The summed E-state index contributed by atoms with van der Waals surface area (Å²) >= 11 is 3.36. The molecule has 6 heteroatoms. The van der Waals surface area contributed by atoms with Crippen LogP contribution in [-0.2, 0) is 17.8 Å². The quantitative estimate of drug-likeness (QED) is 0.692. The molecule has 1 heterocycles. The Bertz CT molecular complexity index is 967. The van der Waals surface area contributed by atoms with Gasteiger partial charge < -0.3 is 5.32 Å². The van der Waals surface area contributed by atoms with Crippen LogP contribution in [0.4, 0.5) is 5.69 Å². The van der Waals surface area contributed by atoms with Crippen molar-refractivity contribution < 1.29 is 4.79 Å². The second-order valence-electron chi connectivity index (χ2n) is 5.77. The maximum Gasteiger partial charge on any atom is 0.254 e. The number of amides is 1. The predicted octanol–water partition coefficient (Wildman–Crippen LogP) is 3.87. The van der Waals surface area contributed by atoms with E-state index in [1.807, 2.05) is 49.4 Å². The van der Waals surface area contributed by atoms with E-state index in [4.69, 9.17) is 0 Å². The van der Waals surface area contributed by atoms with Gasteiger partial charge in [-0.15, -0.1) is 0 Å². The lowest BCUT2D eigenvalue weighted by Crippen LogP contribution is -2.30. The number of aromatic nitrogens is 2. The number of aryl methyl sites for hydroxylation is 1. The molecule has 0 radical (unpaired) electrons. The SMILES string of the molecule is CCc1cc(=O)n(CC(=O)Nc2ccc(Br)cc2)c(-c2ccccc2)n1. The number of carbonyl (C=O) groups excluding carboxylic acids is 1. The van der Waals surface area contributed by atoms with Crippen LogP contribution < -0.4 is 10.9 Å². The molecule has 0 spiro atoms. The molecule has 0 unspecified atom stereocenters. The van der Waals surface area contributed by atoms with E-state index in [1.165, 1.54) is 10.6 Å². The third-order valence-corrected chi connectivity index (χ3v) is 4.41. The number of rotatable bonds is 5. The van der Waals surface area contributed by atoms with Gasteiger partial charge in [0.1, 0.15) is 12.4 Å². The summed E-state index contributed by atoms with van der Waals surface area (Å²) in [4.78, 5) is 29.6. The van der Waals surface area contributed by atoms with Gasteiger partial charge in [0.2, 0.25) is 5.91 Å². The Labute approximate surface area is 159 Å². The van der Waals surface area contributed by atoms with E-state index in [0.717, 1.165) is 10.0 Å². The van der Waals surface area contributed by atoms with Gasteiger partial charge in [0.05, 0.1) is 0 Å². The lowest BCUT2D eigenvalue weighted by molar-refractivity contribution is -0.116. The Balaban J connectivity index is 1.92. The highest BCUT2D eigenvalue weighted by Gasteiger charge is 2.13. The zero-order valence-electron chi connectivity index (χ0n) is 14.3. The van der Waals surface area contributed by atoms with Crippen LogP contribution >= 0.6 is 15.9 Å². The van der Waals surface area contributed by atoms with Gasteiger partial charge in [-0.25, -0.2) is 4.98 Å². The first-order valence-corrected chi connectivity index (χ1v) is 9.07. The fraction of sp³-hybridized carbons (Fsp3) is 0.150. The first kappa shape index (κ1) is 18.1. The van der Waals surface area contributed by atoms with Crippen LogP contribution in [0.15, 0.2) is 69.9 Å². The summed E-state index contributed by atoms with van der Waals surface area (Å²) < 4.78 is 2.33. The smallest absolute Gasteiger partial charge is 0.254 e. The molecule has 1 N–H and O–H groups in total. The van der Waals surface area contributed by atoms with E-state index >= 15 is 0 Å². The van der Waals surface area contributed by atoms with Crippen LogP contribution in [0.1, 0.15) is 12.6 Å². The van der Waals surface area contributed by atoms with Crippen LogP contribution in [0.5, 0.6) is 0 Å². The highest BCUT2D eigenvalue weighted by atomic mass is 79.9. The van der Waals surface area contributed by atoms with Gasteiger partial charge >= 0.3 is 0 Å². The van der Waals surface area contributed by atoms with Gasteiger partial charge in [0.15, 0.2) is 0 Å². The molecule has 0 atom stereocenters. The number of hydrogen-bond donors (Lipinski definition) is 1. The Morgan fingerprint density at radius 3 is 2.46 bits per heavy atom. The Morgan fingerprint density at radius 1 is 1.12 bits per heavy atom. The van der Waals surface area contributed by atoms with E-state index < -0.39 is 0 Å². The summed E-state index contributed by atoms with van der Waals surface area (Å²) in [5, 5.41) is 2.80. The van der Waals surface area contributed by atoms with E-state index in [1.54, 1.807) is 12.1 Å². The zero-order valence-corrected chi connectivity index (χ0v) is 15.9. The number of halogens is 1. The molecule has 0 saturated carbocycles. The van der Waals surface area contributed by atoms with Crippen LogP contribution in [0.2, 0.25) is 0 Å². The summed E-state index contributed by atoms with van der Waals surface area (Å²) in [5.74, 6) is 0.221. The molecule has 3 aromatic rings. The number of hydrogen-bond acceptors (Lipinski definition) is 3. The molecular weight excluding hydrogens is 394 g/mol. The van der Waals surface area contributed by atoms with Gasteiger partial charge in [0.25, 0.3) is 5.56 Å². The van der Waals surface area contributed by atoms with Gasteiger partial charge in [-0.05, 0) is 30.7 Å².